The average molecular weight is 377 g/mol. The number of likely N-dealkylation sites (N-methyl/N-ethyl adjacent to an activating group) is 1. The molecule has 1 aromatic heterocycles. The maximum absolute atomic E-state index is 13.2. The van der Waals surface area contributed by atoms with E-state index < -0.39 is 5.60 Å². The molecule has 3 heterocycles. The minimum Gasteiger partial charge on any atom is -0.368 e. The summed E-state index contributed by atoms with van der Waals surface area (Å²) >= 11 is 0. The molecule has 1 aromatic rings. The van der Waals surface area contributed by atoms with Crippen LogP contribution in [0.3, 0.4) is 0 Å². The Labute approximate surface area is 161 Å². The van der Waals surface area contributed by atoms with Crippen LogP contribution in [-0.2, 0) is 14.3 Å². The molecule has 2 aliphatic rings. The van der Waals surface area contributed by atoms with Crippen LogP contribution < -0.4 is 0 Å². The number of hydrogen-bond acceptors (Lipinski definition) is 5. The molecule has 0 N–H and O–H groups in total. The average Bonchev–Trinajstić information content (AvgIpc) is 3.38. The second kappa shape index (κ2) is 7.98. The summed E-state index contributed by atoms with van der Waals surface area (Å²) in [5.74, 6) is 0.128. The van der Waals surface area contributed by atoms with E-state index in [0.717, 1.165) is 19.5 Å². The standard InChI is InChI=1S/C19H31N5O3/c1-15(24-12-8-20-14-24)17(25)22-10-6-19(27-4,7-11-22)18(26)23-9-5-16(13-23)21(2)3/h8,12,14-16H,5-7,9-11,13H2,1-4H3. The van der Waals surface area contributed by atoms with Crippen molar-refractivity contribution in [2.75, 3.05) is 47.4 Å². The van der Waals surface area contributed by atoms with Crippen molar-refractivity contribution in [2.45, 2.75) is 43.9 Å². The van der Waals surface area contributed by atoms with E-state index in [4.69, 9.17) is 4.74 Å². The molecule has 2 fully saturated rings. The van der Waals surface area contributed by atoms with Crippen molar-refractivity contribution in [1.29, 1.82) is 0 Å². The molecule has 2 amide bonds. The predicted molar refractivity (Wildman–Crippen MR) is 101 cm³/mol. The third-order valence-electron chi connectivity index (χ3n) is 6.17. The summed E-state index contributed by atoms with van der Waals surface area (Å²) in [4.78, 5) is 35.9. The van der Waals surface area contributed by atoms with Gasteiger partial charge in [0.05, 0.1) is 6.33 Å². The largest absolute Gasteiger partial charge is 0.368 e. The Morgan fingerprint density at radius 1 is 1.22 bits per heavy atom. The van der Waals surface area contributed by atoms with Gasteiger partial charge in [-0.3, -0.25) is 9.59 Å². The molecule has 2 saturated heterocycles. The van der Waals surface area contributed by atoms with Crippen molar-refractivity contribution >= 4 is 11.8 Å². The normalized spacial score (nSPS) is 23.7. The van der Waals surface area contributed by atoms with E-state index in [9.17, 15) is 9.59 Å². The van der Waals surface area contributed by atoms with Crippen LogP contribution in [-0.4, -0.2) is 95.1 Å². The number of nitrogens with zero attached hydrogens (tertiary/aromatic N) is 5. The Hall–Kier alpha value is -1.93. The molecule has 3 rings (SSSR count). The highest BCUT2D eigenvalue weighted by Gasteiger charge is 2.46. The van der Waals surface area contributed by atoms with Gasteiger partial charge >= 0.3 is 0 Å². The summed E-state index contributed by atoms with van der Waals surface area (Å²) in [6.45, 7) is 4.45. The molecule has 27 heavy (non-hydrogen) atoms. The number of carbonyl (C=O) groups excluding carboxylic acids is 2. The van der Waals surface area contributed by atoms with Crippen LogP contribution in [0.25, 0.3) is 0 Å². The molecule has 2 aliphatic heterocycles. The van der Waals surface area contributed by atoms with Crippen molar-refractivity contribution in [1.82, 2.24) is 24.3 Å². The Bertz CT molecular complexity index is 652. The zero-order valence-corrected chi connectivity index (χ0v) is 16.8. The first-order valence-corrected chi connectivity index (χ1v) is 9.65. The van der Waals surface area contributed by atoms with Crippen molar-refractivity contribution < 1.29 is 14.3 Å². The smallest absolute Gasteiger partial charge is 0.255 e. The summed E-state index contributed by atoms with van der Waals surface area (Å²) < 4.78 is 7.55. The maximum Gasteiger partial charge on any atom is 0.255 e. The summed E-state index contributed by atoms with van der Waals surface area (Å²) in [6.07, 6.45) is 7.19. The Kier molecular flexibility index (Phi) is 5.86. The van der Waals surface area contributed by atoms with Gasteiger partial charge in [0, 0.05) is 64.6 Å². The zero-order valence-electron chi connectivity index (χ0n) is 16.8. The van der Waals surface area contributed by atoms with E-state index in [1.807, 2.05) is 16.7 Å². The van der Waals surface area contributed by atoms with Crippen LogP contribution in [0.4, 0.5) is 0 Å². The van der Waals surface area contributed by atoms with E-state index >= 15 is 0 Å². The van der Waals surface area contributed by atoms with Gasteiger partial charge in [-0.25, -0.2) is 4.98 Å². The van der Waals surface area contributed by atoms with Gasteiger partial charge in [0.15, 0.2) is 0 Å². The van der Waals surface area contributed by atoms with Crippen molar-refractivity contribution in [3.05, 3.63) is 18.7 Å². The van der Waals surface area contributed by atoms with Crippen molar-refractivity contribution in [3.63, 3.8) is 0 Å². The molecule has 0 radical (unpaired) electrons. The van der Waals surface area contributed by atoms with Gasteiger partial charge in [-0.15, -0.1) is 0 Å². The van der Waals surface area contributed by atoms with Gasteiger partial charge in [-0.05, 0) is 27.4 Å². The lowest BCUT2D eigenvalue weighted by molar-refractivity contribution is -0.163. The third-order valence-corrected chi connectivity index (χ3v) is 6.17. The van der Waals surface area contributed by atoms with Gasteiger partial charge in [-0.1, -0.05) is 0 Å². The fourth-order valence-electron chi connectivity index (χ4n) is 4.12. The fourth-order valence-corrected chi connectivity index (χ4v) is 4.12. The molecule has 150 valence electrons. The number of piperidine rings is 1. The van der Waals surface area contributed by atoms with Crippen molar-refractivity contribution in [2.24, 2.45) is 0 Å². The topological polar surface area (TPSA) is 70.9 Å². The van der Waals surface area contributed by atoms with Crippen LogP contribution in [0.1, 0.15) is 32.2 Å². The highest BCUT2D eigenvalue weighted by Crippen LogP contribution is 2.31. The van der Waals surface area contributed by atoms with Gasteiger partial charge in [0.2, 0.25) is 5.91 Å². The van der Waals surface area contributed by atoms with Crippen LogP contribution >= 0.6 is 0 Å². The van der Waals surface area contributed by atoms with Gasteiger partial charge < -0.3 is 24.0 Å². The number of amides is 2. The van der Waals surface area contributed by atoms with Crippen LogP contribution in [0.5, 0.6) is 0 Å². The van der Waals surface area contributed by atoms with Crippen molar-refractivity contribution in [3.8, 4) is 0 Å². The third kappa shape index (κ3) is 3.87. The molecule has 8 heteroatoms. The SMILES string of the molecule is COC1(C(=O)N2CCC(N(C)C)C2)CCN(C(=O)C(C)n2ccnc2)CC1. The number of methoxy groups -OCH3 is 1. The lowest BCUT2D eigenvalue weighted by Crippen LogP contribution is -2.57. The molecular weight excluding hydrogens is 346 g/mol. The van der Waals surface area contributed by atoms with E-state index in [1.165, 1.54) is 0 Å². The minimum atomic E-state index is -0.809. The fraction of sp³-hybridized carbons (Fsp3) is 0.737. The predicted octanol–water partition coefficient (Wildman–Crippen LogP) is 0.614. The Morgan fingerprint density at radius 3 is 2.44 bits per heavy atom. The first kappa shape index (κ1) is 19.8. The quantitative estimate of drug-likeness (QED) is 0.752. The first-order valence-electron chi connectivity index (χ1n) is 9.65. The molecule has 0 bridgehead atoms. The number of imidazole rings is 1. The highest BCUT2D eigenvalue weighted by atomic mass is 16.5. The molecule has 2 atom stereocenters. The minimum absolute atomic E-state index is 0.0546. The Balaban J connectivity index is 1.61. The summed E-state index contributed by atoms with van der Waals surface area (Å²) in [6, 6.07) is 0.109. The summed E-state index contributed by atoms with van der Waals surface area (Å²) in [7, 11) is 5.72. The van der Waals surface area contributed by atoms with E-state index in [-0.39, 0.29) is 17.9 Å². The molecule has 0 saturated carbocycles. The van der Waals surface area contributed by atoms with Crippen LogP contribution in [0.15, 0.2) is 18.7 Å². The lowest BCUT2D eigenvalue weighted by Gasteiger charge is -2.42. The number of aromatic nitrogens is 2. The summed E-state index contributed by atoms with van der Waals surface area (Å²) in [5.41, 5.74) is -0.809. The second-order valence-corrected chi connectivity index (χ2v) is 7.87. The van der Waals surface area contributed by atoms with Gasteiger partial charge in [0.1, 0.15) is 11.6 Å². The molecule has 0 aliphatic carbocycles. The number of carbonyl (C=O) groups is 2. The zero-order chi connectivity index (χ0) is 19.6. The Morgan fingerprint density at radius 2 is 1.93 bits per heavy atom. The monoisotopic (exact) mass is 377 g/mol. The lowest BCUT2D eigenvalue weighted by atomic mass is 9.89. The van der Waals surface area contributed by atoms with Gasteiger partial charge in [-0.2, -0.15) is 0 Å². The number of hydrogen-bond donors (Lipinski definition) is 0. The highest BCUT2D eigenvalue weighted by molar-refractivity contribution is 5.86. The van der Waals surface area contributed by atoms with E-state index in [2.05, 4.69) is 24.0 Å². The maximum atomic E-state index is 13.2. The molecule has 2 unspecified atom stereocenters. The molecule has 0 spiro atoms. The van der Waals surface area contributed by atoms with Gasteiger partial charge in [0.25, 0.3) is 5.91 Å². The molecule has 8 nitrogen and oxygen atoms in total. The van der Waals surface area contributed by atoms with Crippen LogP contribution in [0, 0.1) is 0 Å². The second-order valence-electron chi connectivity index (χ2n) is 7.87. The molecular formula is C19H31N5O3. The number of likely N-dealkylation sites (tertiary alicyclic amines) is 2. The number of rotatable bonds is 5. The number of ether oxygens (including phenoxy) is 1. The van der Waals surface area contributed by atoms with E-state index in [1.54, 1.807) is 30.4 Å². The first-order chi connectivity index (χ1) is 12.9. The summed E-state index contributed by atoms with van der Waals surface area (Å²) in [5, 5.41) is 0. The van der Waals surface area contributed by atoms with E-state index in [0.29, 0.717) is 32.0 Å². The van der Waals surface area contributed by atoms with Crippen LogP contribution in [0.2, 0.25) is 0 Å². The molecule has 0 aromatic carbocycles.